The van der Waals surface area contributed by atoms with E-state index in [1.54, 1.807) is 32.7 Å². The van der Waals surface area contributed by atoms with Crippen LogP contribution >= 0.6 is 0 Å². The molecule has 6 saturated heterocycles. The van der Waals surface area contributed by atoms with Crippen molar-refractivity contribution in [3.8, 4) is 0 Å². The van der Waals surface area contributed by atoms with Crippen LogP contribution in [0.15, 0.2) is 0 Å². The molecule has 16 nitrogen and oxygen atoms in total. The molecular formula is C14H36O16S2Si8. The van der Waals surface area contributed by atoms with Crippen LogP contribution in [0.25, 0.3) is 0 Å². The second-order valence-corrected chi connectivity index (χ2v) is 39.6. The zero-order valence-corrected chi connectivity index (χ0v) is 33.2. The van der Waals surface area contributed by atoms with Gasteiger partial charge in [-0.25, -0.2) is 16.8 Å². The molecule has 6 rings (SSSR count). The maximum atomic E-state index is 12.4. The van der Waals surface area contributed by atoms with Gasteiger partial charge in [-0.1, -0.05) is 13.3 Å². The van der Waals surface area contributed by atoms with E-state index < -0.39 is 90.1 Å². The predicted octanol–water partition coefficient (Wildman–Crippen LogP) is 0.413. The molecule has 40 heavy (non-hydrogen) atoms. The van der Waals surface area contributed by atoms with E-state index in [0.717, 1.165) is 12.5 Å². The van der Waals surface area contributed by atoms with E-state index in [9.17, 15) is 16.8 Å². The molecule has 0 aromatic carbocycles. The van der Waals surface area contributed by atoms with Crippen molar-refractivity contribution in [2.45, 2.75) is 64.2 Å². The fraction of sp³-hybridized carbons (Fsp3) is 1.00. The molecule has 0 aromatic heterocycles. The lowest BCUT2D eigenvalue weighted by molar-refractivity contribution is -0.0219. The lowest BCUT2D eigenvalue weighted by Gasteiger charge is -2.61. The highest BCUT2D eigenvalue weighted by Gasteiger charge is 2.80. The summed E-state index contributed by atoms with van der Waals surface area (Å²) in [5.74, 6) is -0.751. The number of hydrogen-bond acceptors (Lipinski definition) is 16. The van der Waals surface area contributed by atoms with Gasteiger partial charge < -0.3 is 49.4 Å². The zero-order valence-electron chi connectivity index (χ0n) is 23.6. The number of hydrogen-bond donors (Lipinski definition) is 0. The van der Waals surface area contributed by atoms with Crippen molar-refractivity contribution >= 4 is 90.1 Å². The molecule has 26 heteroatoms. The van der Waals surface area contributed by atoms with Gasteiger partial charge in [0.05, 0.1) is 11.5 Å². The summed E-state index contributed by atoms with van der Waals surface area (Å²) < 4.78 is 129. The van der Waals surface area contributed by atoms with Gasteiger partial charge in [0.1, 0.15) is 19.7 Å². The Morgan fingerprint density at radius 3 is 0.925 bits per heavy atom. The van der Waals surface area contributed by atoms with Gasteiger partial charge in [0.25, 0.3) is 0 Å². The maximum absolute atomic E-state index is 12.4. The van der Waals surface area contributed by atoms with Gasteiger partial charge in [-0.15, -0.1) is 0 Å². The van der Waals surface area contributed by atoms with E-state index in [0.29, 0.717) is 12.5 Å². The van der Waals surface area contributed by atoms with Crippen molar-refractivity contribution < 1.29 is 66.2 Å². The number of rotatable bonds is 8. The summed E-state index contributed by atoms with van der Waals surface area (Å²) in [6.07, 6.45) is 2.76. The molecule has 232 valence electrons. The summed E-state index contributed by atoms with van der Waals surface area (Å²) in [6.45, 7) is 10.0. The first kappa shape index (κ1) is 32.5. The van der Waals surface area contributed by atoms with Crippen LogP contribution in [-0.4, -0.2) is 111 Å². The van der Waals surface area contributed by atoms with Crippen LogP contribution in [0.5, 0.6) is 0 Å². The highest BCUT2D eigenvalue weighted by Crippen LogP contribution is 2.50. The van der Waals surface area contributed by atoms with Gasteiger partial charge in [-0.2, -0.15) is 0 Å². The van der Waals surface area contributed by atoms with E-state index in [4.69, 9.17) is 49.4 Å². The molecular weight excluding hydrogens is 713 g/mol. The smallest absolute Gasteiger partial charge is 0.374 e. The van der Waals surface area contributed by atoms with Crippen LogP contribution in [0.1, 0.15) is 13.3 Å². The quantitative estimate of drug-likeness (QED) is 0.312. The average Bonchev–Trinajstić information content (AvgIpc) is 2.63. The topological polar surface area (TPSA) is 179 Å². The Bertz CT molecular complexity index is 1230. The Morgan fingerprint density at radius 2 is 0.675 bits per heavy atom. The Kier molecular flexibility index (Phi) is 7.99. The Hall–Kier alpha value is 1.16. The molecule has 0 spiro atoms. The molecule has 0 radical (unpaired) electrons. The predicted molar refractivity (Wildman–Crippen MR) is 153 cm³/mol. The molecule has 4 atom stereocenters. The van der Waals surface area contributed by atoms with Gasteiger partial charge in [-0.3, -0.25) is 0 Å². The van der Waals surface area contributed by atoms with Crippen molar-refractivity contribution in [1.29, 1.82) is 0 Å². The highest BCUT2D eigenvalue weighted by molar-refractivity contribution is 7.91. The van der Waals surface area contributed by atoms with E-state index in [1.807, 2.05) is 6.92 Å². The minimum absolute atomic E-state index is 0.231. The fourth-order valence-electron chi connectivity index (χ4n) is 5.45. The van der Waals surface area contributed by atoms with Crippen LogP contribution < -0.4 is 0 Å². The average molecular weight is 749 g/mol. The molecule has 4 unspecified atom stereocenters. The summed E-state index contributed by atoms with van der Waals surface area (Å²) >= 11 is 0. The van der Waals surface area contributed by atoms with Gasteiger partial charge in [0, 0.05) is 63.4 Å². The van der Waals surface area contributed by atoms with Crippen molar-refractivity contribution in [2.75, 3.05) is 24.0 Å². The molecule has 6 aliphatic rings. The van der Waals surface area contributed by atoms with Gasteiger partial charge in [-0.05, 0) is 0 Å². The van der Waals surface area contributed by atoms with E-state index in [2.05, 4.69) is 0 Å². The van der Waals surface area contributed by atoms with Crippen LogP contribution in [0.2, 0.25) is 50.9 Å². The van der Waals surface area contributed by atoms with Crippen molar-refractivity contribution in [2.24, 2.45) is 0 Å². The highest BCUT2D eigenvalue weighted by atomic mass is 32.2. The molecule has 6 aliphatic heterocycles. The monoisotopic (exact) mass is 748 g/mol. The minimum Gasteiger partial charge on any atom is -0.374 e. The third kappa shape index (κ3) is 6.86. The third-order valence-electron chi connectivity index (χ3n) is 6.29. The van der Waals surface area contributed by atoms with Crippen LogP contribution in [0, 0.1) is 0 Å². The van der Waals surface area contributed by atoms with Crippen LogP contribution in [-0.2, 0) is 69.1 Å². The van der Waals surface area contributed by atoms with E-state index in [-0.39, 0.29) is 23.6 Å². The standard InChI is InChI=1S/C14H36O16S2Si8/c1-9-12-38-23-33(4)19-34(5)21-36(7,26-38)28-40(14-11-32(3,17)18)29-37(8,27-38)22-35(6,20-33)25-39(24-34,30-40)13-10-31(2,15)16/h9-14H2,1-8H3. The second kappa shape index (κ2) is 9.83. The summed E-state index contributed by atoms with van der Waals surface area (Å²) in [7, 11) is -38.6. The van der Waals surface area contributed by atoms with Crippen molar-refractivity contribution in [3.63, 3.8) is 0 Å². The van der Waals surface area contributed by atoms with Crippen LogP contribution in [0.3, 0.4) is 0 Å². The molecule has 0 amide bonds. The van der Waals surface area contributed by atoms with Crippen molar-refractivity contribution in [3.05, 3.63) is 0 Å². The molecule has 0 N–H and O–H groups in total. The lowest BCUT2D eigenvalue weighted by atomic mass is 10.6. The largest absolute Gasteiger partial charge is 0.479 e. The van der Waals surface area contributed by atoms with E-state index >= 15 is 0 Å². The van der Waals surface area contributed by atoms with Crippen LogP contribution in [0.4, 0.5) is 0 Å². The summed E-state index contributed by atoms with van der Waals surface area (Å²) in [4.78, 5) is 0. The lowest BCUT2D eigenvalue weighted by Crippen LogP contribution is -2.87. The molecule has 0 aromatic rings. The fourth-order valence-corrected chi connectivity index (χ4v) is 56.2. The third-order valence-corrected chi connectivity index (χ3v) is 45.2. The van der Waals surface area contributed by atoms with Gasteiger partial charge in [0.2, 0.25) is 0 Å². The first-order valence-electron chi connectivity index (χ1n) is 12.7. The normalized spacial score (nSPS) is 50.6. The first-order valence-corrected chi connectivity index (χ1v) is 33.8. The first-order chi connectivity index (χ1) is 18.0. The molecule has 0 saturated carbocycles. The molecule has 0 aliphatic carbocycles. The second-order valence-electron chi connectivity index (χ2n) is 11.1. The van der Waals surface area contributed by atoms with Crippen molar-refractivity contribution in [1.82, 2.24) is 0 Å². The SMILES string of the molecule is CCC[Si]12O[Si]3(C)O[Si]4(C)O[Si](C)(O1)O[Si]1(CCS(C)(=O)=O)O[Si](C)(O[Si](C)(O3)O[Si](CCS(C)(=O)=O)(O4)O1)O2. The Labute approximate surface area is 243 Å². The van der Waals surface area contributed by atoms with Gasteiger partial charge in [0.15, 0.2) is 0 Å². The van der Waals surface area contributed by atoms with E-state index in [1.165, 1.54) is 0 Å². The molecule has 6 fully saturated rings. The molecule has 8 bridgehead atoms. The zero-order chi connectivity index (χ0) is 29.7. The van der Waals surface area contributed by atoms with Gasteiger partial charge >= 0.3 is 70.4 Å². The maximum Gasteiger partial charge on any atom is 0.479 e. The number of sulfone groups is 2. The molecule has 6 heterocycles. The summed E-state index contributed by atoms with van der Waals surface area (Å²) in [6, 6.07) is -0.121. The summed E-state index contributed by atoms with van der Waals surface area (Å²) in [5, 5.41) is 0. The Balaban J connectivity index is 1.77. The Morgan fingerprint density at radius 1 is 0.425 bits per heavy atom. The summed E-state index contributed by atoms with van der Waals surface area (Å²) in [5.41, 5.74) is 0. The minimum atomic E-state index is -4.25.